The minimum absolute atomic E-state index is 0. The Kier molecular flexibility index (Phi) is 6.96. The number of rotatable bonds is 4. The van der Waals surface area contributed by atoms with E-state index in [4.69, 9.17) is 11.6 Å². The first-order chi connectivity index (χ1) is 14.6. The summed E-state index contributed by atoms with van der Waals surface area (Å²) < 4.78 is 41.0. The molecule has 2 unspecified atom stereocenters. The maximum absolute atomic E-state index is 13.8. The number of halogens is 4. The number of amides is 1. The zero-order valence-corrected chi connectivity index (χ0v) is 17.9. The molecule has 176 valence electrons. The topological polar surface area (TPSA) is 65.5 Å². The maximum atomic E-state index is 13.8. The molecule has 0 spiro atoms. The Morgan fingerprint density at radius 2 is 2.06 bits per heavy atom. The number of pyridine rings is 1. The molecule has 1 amide bonds. The lowest BCUT2D eigenvalue weighted by Gasteiger charge is -2.40. The van der Waals surface area contributed by atoms with Crippen LogP contribution in [0.15, 0.2) is 24.3 Å². The number of aliphatic hydroxyl groups is 1. The van der Waals surface area contributed by atoms with Crippen molar-refractivity contribution in [1.29, 1.82) is 0 Å². The summed E-state index contributed by atoms with van der Waals surface area (Å²) in [5, 5.41) is 14.1. The van der Waals surface area contributed by atoms with E-state index in [0.29, 0.717) is 29.7 Å². The second kappa shape index (κ2) is 9.06. The molecule has 2 aromatic rings. The Morgan fingerprint density at radius 1 is 1.31 bits per heavy atom. The van der Waals surface area contributed by atoms with Crippen LogP contribution in [0.2, 0.25) is 5.02 Å². The number of nitrogens with one attached hydrogen (secondary N) is 1. The normalized spacial score (nSPS) is 27.2. The number of hydrogen-bond donors (Lipinski definition) is 2. The van der Waals surface area contributed by atoms with Crippen molar-refractivity contribution < 1.29 is 23.1 Å². The van der Waals surface area contributed by atoms with Gasteiger partial charge in [0.15, 0.2) is 0 Å². The lowest BCUT2D eigenvalue weighted by atomic mass is 9.76. The van der Waals surface area contributed by atoms with Crippen LogP contribution in [0.3, 0.4) is 0 Å². The number of fused-ring (bicyclic) bond motifs is 1. The smallest absolute Gasteiger partial charge is 0.253 e. The van der Waals surface area contributed by atoms with Gasteiger partial charge in [-0.3, -0.25) is 4.79 Å². The fraction of sp³-hybridized carbons (Fsp3) is 0.565. The number of carbonyl (C=O) groups excluding carboxylic acids is 1. The van der Waals surface area contributed by atoms with Gasteiger partial charge in [-0.05, 0) is 43.5 Å². The number of hydrogen-bond acceptors (Lipinski definition) is 4. The van der Waals surface area contributed by atoms with Crippen molar-refractivity contribution in [2.75, 3.05) is 24.5 Å². The lowest BCUT2D eigenvalue weighted by molar-refractivity contribution is -0.138. The van der Waals surface area contributed by atoms with Crippen molar-refractivity contribution in [3.05, 3.63) is 34.9 Å². The summed E-state index contributed by atoms with van der Waals surface area (Å²) in [6.07, 6.45) is -1.03. The summed E-state index contributed by atoms with van der Waals surface area (Å²) in [5.74, 6) is -3.65. The van der Waals surface area contributed by atoms with Crippen molar-refractivity contribution >= 4 is 34.2 Å². The maximum Gasteiger partial charge on any atom is 0.253 e. The monoisotopic (exact) mass is 471 g/mol. The van der Waals surface area contributed by atoms with Crippen LogP contribution in [0.25, 0.3) is 10.9 Å². The zero-order valence-electron chi connectivity index (χ0n) is 17.2. The van der Waals surface area contributed by atoms with E-state index >= 15 is 0 Å². The third-order valence-corrected chi connectivity index (χ3v) is 6.71. The molecular weight excluding hydrogens is 443 g/mol. The molecule has 2 fully saturated rings. The van der Waals surface area contributed by atoms with Gasteiger partial charge in [0.05, 0.1) is 28.2 Å². The zero-order chi connectivity index (χ0) is 22.4. The predicted octanol–water partition coefficient (Wildman–Crippen LogP) is 4.99. The van der Waals surface area contributed by atoms with Crippen LogP contribution in [0, 0.1) is 5.92 Å². The minimum Gasteiger partial charge on any atom is -0.388 e. The molecule has 1 aliphatic heterocycles. The van der Waals surface area contributed by atoms with Crippen LogP contribution >= 0.6 is 11.6 Å². The summed E-state index contributed by atoms with van der Waals surface area (Å²) in [6.45, 7) is 2.13. The predicted molar refractivity (Wildman–Crippen MR) is 120 cm³/mol. The van der Waals surface area contributed by atoms with Gasteiger partial charge >= 0.3 is 0 Å². The molecule has 1 saturated carbocycles. The summed E-state index contributed by atoms with van der Waals surface area (Å²) >= 11 is 6.29. The second-order valence-electron chi connectivity index (χ2n) is 8.76. The van der Waals surface area contributed by atoms with Crippen LogP contribution in [0.4, 0.5) is 19.0 Å². The van der Waals surface area contributed by atoms with E-state index in [1.807, 2.05) is 4.90 Å². The Bertz CT molecular complexity index is 1010. The van der Waals surface area contributed by atoms with Crippen LogP contribution in [-0.4, -0.2) is 53.3 Å². The third-order valence-electron chi connectivity index (χ3n) is 6.40. The van der Waals surface area contributed by atoms with E-state index in [2.05, 4.69) is 10.3 Å². The first-order valence-corrected chi connectivity index (χ1v) is 10.8. The Morgan fingerprint density at radius 3 is 2.72 bits per heavy atom. The number of aromatic nitrogens is 1. The molecule has 2 aliphatic rings. The molecule has 32 heavy (non-hydrogen) atoms. The first-order valence-electron chi connectivity index (χ1n) is 10.4. The highest BCUT2D eigenvalue weighted by Crippen LogP contribution is 2.42. The standard InChI is InChI=1S/C22H25ClF3N3O2.CH4/c1-13-10-21(31,7-8-22(13,25)26)12-27-20(30)19-15-2-5-18(29-9-6-14(24)11-29)28-17(15)4-3-16(19)23;/h2-5,13-14,31H,6-12H2,1H3,(H,27,30);1H4/t13?,14-,21?;/m1./s1. The Hall–Kier alpha value is -2.06. The van der Waals surface area contributed by atoms with E-state index in [9.17, 15) is 23.1 Å². The van der Waals surface area contributed by atoms with Crippen LogP contribution < -0.4 is 10.2 Å². The molecule has 3 atom stereocenters. The average Bonchev–Trinajstić information content (AvgIpc) is 3.16. The van der Waals surface area contributed by atoms with Crippen molar-refractivity contribution in [2.24, 2.45) is 5.92 Å². The molecular formula is C23H29ClF3N3O2. The summed E-state index contributed by atoms with van der Waals surface area (Å²) in [5.41, 5.74) is -0.641. The van der Waals surface area contributed by atoms with E-state index in [-0.39, 0.29) is 43.9 Å². The third kappa shape index (κ3) is 4.81. The molecule has 0 radical (unpaired) electrons. The molecule has 1 aromatic heterocycles. The number of alkyl halides is 3. The molecule has 5 nitrogen and oxygen atoms in total. The average molecular weight is 472 g/mol. The van der Waals surface area contributed by atoms with E-state index in [0.717, 1.165) is 0 Å². The van der Waals surface area contributed by atoms with Crippen molar-refractivity contribution in [3.8, 4) is 0 Å². The lowest BCUT2D eigenvalue weighted by Crippen LogP contribution is -2.50. The van der Waals surface area contributed by atoms with Gasteiger partial charge in [0.25, 0.3) is 11.8 Å². The number of anilines is 1. The minimum atomic E-state index is -2.81. The van der Waals surface area contributed by atoms with Gasteiger partial charge in [-0.15, -0.1) is 0 Å². The van der Waals surface area contributed by atoms with Gasteiger partial charge in [-0.2, -0.15) is 0 Å². The van der Waals surface area contributed by atoms with Crippen molar-refractivity contribution in [3.63, 3.8) is 0 Å². The van der Waals surface area contributed by atoms with E-state index in [1.165, 1.54) is 6.92 Å². The van der Waals surface area contributed by atoms with Gasteiger partial charge in [-0.25, -0.2) is 18.2 Å². The Balaban J connectivity index is 0.00000289. The molecule has 2 N–H and O–H groups in total. The molecule has 9 heteroatoms. The largest absolute Gasteiger partial charge is 0.388 e. The fourth-order valence-electron chi connectivity index (χ4n) is 4.46. The number of carbonyl (C=O) groups is 1. The molecule has 1 aromatic carbocycles. The van der Waals surface area contributed by atoms with Crippen molar-refractivity contribution in [2.45, 2.75) is 57.7 Å². The van der Waals surface area contributed by atoms with Crippen LogP contribution in [-0.2, 0) is 0 Å². The fourth-order valence-corrected chi connectivity index (χ4v) is 4.71. The summed E-state index contributed by atoms with van der Waals surface area (Å²) in [6, 6.07) is 6.71. The first kappa shape index (κ1) is 24.6. The van der Waals surface area contributed by atoms with Crippen molar-refractivity contribution in [1.82, 2.24) is 10.3 Å². The Labute approximate surface area is 191 Å². The highest BCUT2D eigenvalue weighted by molar-refractivity contribution is 6.35. The number of nitrogens with zero attached hydrogens (tertiary/aromatic N) is 2. The molecule has 1 saturated heterocycles. The van der Waals surface area contributed by atoms with Gasteiger partial charge in [0.2, 0.25) is 0 Å². The highest BCUT2D eigenvalue weighted by atomic mass is 35.5. The van der Waals surface area contributed by atoms with Gasteiger partial charge < -0.3 is 15.3 Å². The quantitative estimate of drug-likeness (QED) is 0.659. The summed E-state index contributed by atoms with van der Waals surface area (Å²) in [7, 11) is 0. The summed E-state index contributed by atoms with van der Waals surface area (Å²) in [4.78, 5) is 19.3. The number of benzene rings is 1. The molecule has 0 bridgehead atoms. The second-order valence-corrected chi connectivity index (χ2v) is 9.17. The van der Waals surface area contributed by atoms with Gasteiger partial charge in [0.1, 0.15) is 12.0 Å². The molecule has 1 aliphatic carbocycles. The van der Waals surface area contributed by atoms with Gasteiger partial charge in [0, 0.05) is 30.8 Å². The highest BCUT2D eigenvalue weighted by Gasteiger charge is 2.47. The molecule has 2 heterocycles. The molecule has 4 rings (SSSR count). The van der Waals surface area contributed by atoms with Crippen LogP contribution in [0.5, 0.6) is 0 Å². The van der Waals surface area contributed by atoms with Gasteiger partial charge in [-0.1, -0.05) is 26.0 Å². The van der Waals surface area contributed by atoms with Crippen LogP contribution in [0.1, 0.15) is 50.4 Å². The van der Waals surface area contributed by atoms with E-state index in [1.54, 1.807) is 24.3 Å². The van der Waals surface area contributed by atoms with E-state index < -0.39 is 35.9 Å². The SMILES string of the molecule is C.CC1CC(O)(CNC(=O)c2c(Cl)ccc3nc(N4CC[C@@H](F)C4)ccc23)CCC1(F)F.